The molecular weight excluding hydrogens is 705 g/mol. The number of amidine groups is 1. The van der Waals surface area contributed by atoms with Gasteiger partial charge in [-0.2, -0.15) is 12.6 Å². The second-order valence-corrected chi connectivity index (χ2v) is 13.5. The molecule has 1 aliphatic heterocycles. The first-order valence-electron chi connectivity index (χ1n) is 18.1. The Hall–Kier alpha value is -4.20. The Bertz CT molecular complexity index is 1290. The number of aliphatic imine (C=N–C) groups is 1. The smallest absolute Gasteiger partial charge is 0.247 e. The molecule has 0 aliphatic carbocycles. The summed E-state index contributed by atoms with van der Waals surface area (Å²) < 4.78 is 0. The Morgan fingerprint density at radius 1 is 0.925 bits per heavy atom. The van der Waals surface area contributed by atoms with Crippen LogP contribution in [0.4, 0.5) is 0 Å². The van der Waals surface area contributed by atoms with E-state index in [0.29, 0.717) is 45.1 Å². The highest BCUT2D eigenvalue weighted by Crippen LogP contribution is 2.21. The fraction of sp³-hybridized carbons (Fsp3) is 0.676. The summed E-state index contributed by atoms with van der Waals surface area (Å²) in [6.45, 7) is 4.34. The van der Waals surface area contributed by atoms with Crippen molar-refractivity contribution in [2.24, 2.45) is 45.3 Å². The standard InChI is InChI=1S/C34H62N12O6S/c1-21(47)25(11-7-17-43-34(40)41)44-32(51)27-12-8-18-46(27)33(52)22(14-15-35)19-28(48)26(45-31(50)24(37)20-53)10-5-6-16-42-30(49)23(36)9-3-2-4-13-29(38)39/h8,12,22-27,47,53H,1-7,9-11,13-20,35-37H2,(H3,38,39)(H,42,49)(H,44,51)(H,45,50)(H4,40,41,43)/t22-,23+,24+,25+,26+,27+/m1/s1. The van der Waals surface area contributed by atoms with Crippen molar-refractivity contribution < 1.29 is 29.1 Å². The Kier molecular flexibility index (Phi) is 22.7. The third-order valence-electron chi connectivity index (χ3n) is 8.74. The molecule has 53 heavy (non-hydrogen) atoms. The van der Waals surface area contributed by atoms with Crippen molar-refractivity contribution in [2.45, 2.75) is 107 Å². The van der Waals surface area contributed by atoms with Crippen molar-refractivity contribution in [3.8, 4) is 0 Å². The zero-order valence-corrected chi connectivity index (χ0v) is 31.5. The maximum absolute atomic E-state index is 13.8. The fourth-order valence-electron chi connectivity index (χ4n) is 5.67. The van der Waals surface area contributed by atoms with E-state index in [2.05, 4.69) is 40.2 Å². The number of hydrogen-bond acceptors (Lipinski definition) is 12. The van der Waals surface area contributed by atoms with Crippen molar-refractivity contribution in [2.75, 3.05) is 31.9 Å². The van der Waals surface area contributed by atoms with Crippen LogP contribution in [0.1, 0.15) is 77.0 Å². The van der Waals surface area contributed by atoms with E-state index in [9.17, 15) is 29.1 Å². The number of ketones is 1. The Morgan fingerprint density at radius 3 is 2.23 bits per heavy atom. The van der Waals surface area contributed by atoms with Gasteiger partial charge in [-0.1, -0.05) is 31.6 Å². The van der Waals surface area contributed by atoms with Gasteiger partial charge in [0.05, 0.1) is 30.0 Å². The molecule has 1 rings (SSSR count). The second-order valence-electron chi connectivity index (χ2n) is 13.2. The number of Topliss-reactive ketones (excluding diaryl/α,β-unsaturated/α-hetero) is 1. The zero-order chi connectivity index (χ0) is 39.9. The number of amides is 4. The molecule has 0 bridgehead atoms. The average Bonchev–Trinajstić information content (AvgIpc) is 3.60. The molecular formula is C34H62N12O6S. The van der Waals surface area contributed by atoms with E-state index in [4.69, 9.17) is 39.8 Å². The minimum absolute atomic E-state index is 0.0518. The summed E-state index contributed by atoms with van der Waals surface area (Å²) in [5.74, 6) is -3.31. The van der Waals surface area contributed by atoms with E-state index in [1.54, 1.807) is 12.2 Å². The number of unbranched alkanes of at least 4 members (excludes halogenated alkanes) is 3. The summed E-state index contributed by atoms with van der Waals surface area (Å²) >= 11 is 4.08. The summed E-state index contributed by atoms with van der Waals surface area (Å²) in [5.41, 5.74) is 33.8. The van der Waals surface area contributed by atoms with Gasteiger partial charge in [0.1, 0.15) is 11.8 Å². The Morgan fingerprint density at radius 2 is 1.60 bits per heavy atom. The summed E-state index contributed by atoms with van der Waals surface area (Å²) in [6, 6.07) is -4.42. The predicted molar refractivity (Wildman–Crippen MR) is 209 cm³/mol. The number of rotatable bonds is 28. The third-order valence-corrected chi connectivity index (χ3v) is 9.13. The van der Waals surface area contributed by atoms with E-state index < -0.39 is 59.6 Å². The van der Waals surface area contributed by atoms with Crippen molar-refractivity contribution in [1.82, 2.24) is 20.9 Å². The lowest BCUT2D eigenvalue weighted by Gasteiger charge is -2.30. The maximum Gasteiger partial charge on any atom is 0.247 e. The van der Waals surface area contributed by atoms with Gasteiger partial charge in [-0.3, -0.25) is 34.4 Å². The molecule has 0 spiro atoms. The molecule has 4 amide bonds. The van der Waals surface area contributed by atoms with E-state index in [-0.39, 0.29) is 68.1 Å². The van der Waals surface area contributed by atoms with Crippen LogP contribution in [0.25, 0.3) is 0 Å². The zero-order valence-electron chi connectivity index (χ0n) is 30.6. The molecule has 0 aromatic heterocycles. The van der Waals surface area contributed by atoms with Crippen LogP contribution in [0, 0.1) is 11.3 Å². The molecule has 0 aromatic carbocycles. The first-order chi connectivity index (χ1) is 25.1. The van der Waals surface area contributed by atoms with Crippen LogP contribution in [0.5, 0.6) is 0 Å². The van der Waals surface area contributed by atoms with Crippen LogP contribution < -0.4 is 50.4 Å². The van der Waals surface area contributed by atoms with Gasteiger partial charge < -0.3 is 60.4 Å². The lowest BCUT2D eigenvalue weighted by molar-refractivity contribution is -0.142. The molecule has 0 saturated carbocycles. The number of nitrogens with zero attached hydrogens (tertiary/aromatic N) is 2. The molecule has 1 heterocycles. The maximum atomic E-state index is 13.8. The molecule has 18 nitrogen and oxygen atoms in total. The summed E-state index contributed by atoms with van der Waals surface area (Å²) in [6.07, 6.45) is 8.35. The van der Waals surface area contributed by atoms with Crippen LogP contribution in [0.2, 0.25) is 0 Å². The number of thiol groups is 1. The molecule has 0 saturated heterocycles. The Labute approximate surface area is 317 Å². The van der Waals surface area contributed by atoms with Gasteiger partial charge in [0.25, 0.3) is 0 Å². The second kappa shape index (κ2) is 25.7. The van der Waals surface area contributed by atoms with E-state index >= 15 is 0 Å². The highest BCUT2D eigenvalue weighted by molar-refractivity contribution is 7.80. The van der Waals surface area contributed by atoms with Crippen LogP contribution in [0.15, 0.2) is 29.5 Å². The highest BCUT2D eigenvalue weighted by Gasteiger charge is 2.37. The molecule has 6 atom stereocenters. The van der Waals surface area contributed by atoms with Crippen molar-refractivity contribution >= 4 is 53.8 Å². The number of carbonyl (C=O) groups is 5. The lowest BCUT2D eigenvalue weighted by atomic mass is 9.91. The normalized spacial score (nSPS) is 16.5. The highest BCUT2D eigenvalue weighted by atomic mass is 32.1. The van der Waals surface area contributed by atoms with Crippen LogP contribution in [-0.4, -0.2) is 113 Å². The number of hydrogen-bond donors (Lipinski definition) is 12. The monoisotopic (exact) mass is 766 g/mol. The van der Waals surface area contributed by atoms with Crippen molar-refractivity contribution in [3.63, 3.8) is 0 Å². The molecule has 0 radical (unpaired) electrons. The SMILES string of the molecule is C=C(O)[C@H](CCCN=C(N)N)NC(=O)[C@@H]1C=CCN1C(=O)[C@H](CCN)CC(=O)[C@H](CCCCNC(=O)[C@@H](N)CCCCCC(=N)N)NC(=O)[C@@H](N)CS. The fourth-order valence-corrected chi connectivity index (χ4v) is 5.84. The van der Waals surface area contributed by atoms with Gasteiger partial charge in [-0.25, -0.2) is 0 Å². The summed E-state index contributed by atoms with van der Waals surface area (Å²) in [7, 11) is 0. The molecule has 0 aromatic rings. The van der Waals surface area contributed by atoms with Gasteiger partial charge in [0, 0.05) is 44.1 Å². The molecule has 300 valence electrons. The molecule has 17 N–H and O–H groups in total. The number of aliphatic hydroxyl groups excluding tert-OH is 1. The van der Waals surface area contributed by atoms with Gasteiger partial charge in [-0.05, 0) is 57.9 Å². The van der Waals surface area contributed by atoms with Gasteiger partial charge in [-0.15, -0.1) is 0 Å². The van der Waals surface area contributed by atoms with Gasteiger partial charge >= 0.3 is 0 Å². The summed E-state index contributed by atoms with van der Waals surface area (Å²) in [4.78, 5) is 71.2. The Balaban J connectivity index is 2.87. The van der Waals surface area contributed by atoms with Crippen LogP contribution in [0.3, 0.4) is 0 Å². The topological polar surface area (TPSA) is 337 Å². The third kappa shape index (κ3) is 18.4. The largest absolute Gasteiger partial charge is 0.511 e. The number of nitrogens with one attached hydrogen (secondary N) is 4. The van der Waals surface area contributed by atoms with E-state index in [0.717, 1.165) is 19.3 Å². The molecule has 0 fully saturated rings. The predicted octanol–water partition coefficient (Wildman–Crippen LogP) is -1.47. The van der Waals surface area contributed by atoms with Crippen LogP contribution >= 0.6 is 12.6 Å². The minimum atomic E-state index is -1.00. The number of nitrogens with two attached hydrogens (primary N) is 6. The molecule has 0 unspecified atom stereocenters. The average molecular weight is 767 g/mol. The number of carbonyl (C=O) groups excluding carboxylic acids is 5. The lowest BCUT2D eigenvalue weighted by Crippen LogP contribution is -2.52. The minimum Gasteiger partial charge on any atom is -0.511 e. The van der Waals surface area contributed by atoms with Gasteiger partial charge in [0.15, 0.2) is 11.7 Å². The number of guanidine groups is 1. The first-order valence-corrected chi connectivity index (χ1v) is 18.7. The summed E-state index contributed by atoms with van der Waals surface area (Å²) in [5, 5.41) is 25.6. The van der Waals surface area contributed by atoms with E-state index in [1.165, 1.54) is 4.90 Å². The molecule has 1 aliphatic rings. The van der Waals surface area contributed by atoms with Crippen molar-refractivity contribution in [1.29, 1.82) is 5.41 Å². The van der Waals surface area contributed by atoms with Gasteiger partial charge in [0.2, 0.25) is 23.6 Å². The van der Waals surface area contributed by atoms with Crippen molar-refractivity contribution in [3.05, 3.63) is 24.5 Å². The number of aliphatic hydroxyl groups is 1. The quantitative estimate of drug-likeness (QED) is 0.0108. The van der Waals surface area contributed by atoms with Crippen LogP contribution in [-0.2, 0) is 24.0 Å². The molecule has 19 heteroatoms. The van der Waals surface area contributed by atoms with E-state index in [1.807, 2.05) is 0 Å². The first kappa shape index (κ1) is 46.8.